The van der Waals surface area contributed by atoms with Crippen molar-refractivity contribution in [2.75, 3.05) is 22.4 Å². The van der Waals surface area contributed by atoms with Gasteiger partial charge in [0.05, 0.1) is 11.4 Å². The monoisotopic (exact) mass is 394 g/mol. The predicted octanol–water partition coefficient (Wildman–Crippen LogP) is 3.98. The van der Waals surface area contributed by atoms with Gasteiger partial charge in [-0.05, 0) is 66.6 Å². The summed E-state index contributed by atoms with van der Waals surface area (Å²) in [7, 11) is -1.81. The second-order valence-electron chi connectivity index (χ2n) is 6.98. The first kappa shape index (κ1) is 18.5. The molecule has 5 nitrogen and oxygen atoms in total. The molecule has 0 saturated carbocycles. The summed E-state index contributed by atoms with van der Waals surface area (Å²) in [6.07, 6.45) is 2.08. The van der Waals surface area contributed by atoms with Crippen molar-refractivity contribution in [1.82, 2.24) is 0 Å². The average Bonchev–Trinajstić information content (AvgIpc) is 3.14. The Labute approximate surface area is 165 Å². The molecule has 0 spiro atoms. The minimum atomic E-state index is -3.33. The van der Waals surface area contributed by atoms with Gasteiger partial charge in [0.2, 0.25) is 10.0 Å². The van der Waals surface area contributed by atoms with Gasteiger partial charge in [-0.15, -0.1) is 0 Å². The first-order valence-corrected chi connectivity index (χ1v) is 10.9. The highest BCUT2D eigenvalue weighted by Gasteiger charge is 2.18. The molecular weight excluding hydrogens is 372 g/mol. The molecular formula is C22H22N2O3S. The normalized spacial score (nSPS) is 12.9. The maximum Gasteiger partial charge on any atom is 0.255 e. The molecule has 3 aromatic rings. The Morgan fingerprint density at radius 1 is 1.00 bits per heavy atom. The van der Waals surface area contributed by atoms with E-state index in [1.807, 2.05) is 18.2 Å². The van der Waals surface area contributed by atoms with Gasteiger partial charge >= 0.3 is 0 Å². The number of amides is 1. The molecule has 0 saturated heterocycles. The van der Waals surface area contributed by atoms with Crippen molar-refractivity contribution in [2.24, 2.45) is 0 Å². The number of nitrogens with one attached hydrogen (secondary N) is 1. The lowest BCUT2D eigenvalue weighted by Gasteiger charge is -2.18. The lowest BCUT2D eigenvalue weighted by molar-refractivity contribution is 0.102. The smallest absolute Gasteiger partial charge is 0.255 e. The van der Waals surface area contributed by atoms with Crippen LogP contribution in [0.3, 0.4) is 0 Å². The van der Waals surface area contributed by atoms with Crippen molar-refractivity contribution >= 4 is 38.1 Å². The van der Waals surface area contributed by atoms with Gasteiger partial charge in [-0.25, -0.2) is 8.42 Å². The first-order chi connectivity index (χ1) is 13.4. The third-order valence-electron chi connectivity index (χ3n) is 5.40. The number of carbonyl (C=O) groups excluding carboxylic acids is 1. The number of carbonyl (C=O) groups is 1. The highest BCUT2D eigenvalue weighted by molar-refractivity contribution is 7.92. The number of hydrogen-bond donors (Lipinski definition) is 1. The summed E-state index contributed by atoms with van der Waals surface area (Å²) in [5.41, 5.74) is 4.46. The van der Waals surface area contributed by atoms with Gasteiger partial charge in [0.25, 0.3) is 5.91 Å². The summed E-state index contributed by atoms with van der Waals surface area (Å²) < 4.78 is 25.2. The summed E-state index contributed by atoms with van der Waals surface area (Å²) in [5, 5.41) is 5.32. The molecule has 0 aromatic heterocycles. The van der Waals surface area contributed by atoms with E-state index in [1.54, 1.807) is 31.2 Å². The van der Waals surface area contributed by atoms with Crippen LogP contribution in [0.2, 0.25) is 0 Å². The average molecular weight is 394 g/mol. The van der Waals surface area contributed by atoms with Crippen LogP contribution in [0.15, 0.2) is 54.6 Å². The third kappa shape index (κ3) is 3.14. The van der Waals surface area contributed by atoms with Crippen LogP contribution in [0.5, 0.6) is 0 Å². The molecule has 1 N–H and O–H groups in total. The third-order valence-corrected chi connectivity index (χ3v) is 7.18. The molecule has 0 fully saturated rings. The number of sulfonamides is 1. The summed E-state index contributed by atoms with van der Waals surface area (Å²) in [6.45, 7) is 1.60. The van der Waals surface area contributed by atoms with Gasteiger partial charge in [-0.1, -0.05) is 24.3 Å². The topological polar surface area (TPSA) is 66.5 Å². The van der Waals surface area contributed by atoms with Gasteiger partial charge < -0.3 is 5.32 Å². The summed E-state index contributed by atoms with van der Waals surface area (Å²) in [5.74, 6) is -0.192. The van der Waals surface area contributed by atoms with Crippen molar-refractivity contribution in [3.8, 4) is 0 Å². The number of hydrogen-bond acceptors (Lipinski definition) is 3. The lowest BCUT2D eigenvalue weighted by Crippen LogP contribution is -2.28. The second-order valence-corrected chi connectivity index (χ2v) is 9.27. The number of nitrogens with zero attached hydrogens (tertiary/aromatic N) is 1. The quantitative estimate of drug-likeness (QED) is 0.712. The zero-order chi connectivity index (χ0) is 19.9. The molecule has 1 aliphatic rings. The summed E-state index contributed by atoms with van der Waals surface area (Å²) in [4.78, 5) is 12.7. The van der Waals surface area contributed by atoms with Crippen LogP contribution in [0, 0.1) is 0 Å². The van der Waals surface area contributed by atoms with E-state index in [1.165, 1.54) is 27.9 Å². The van der Waals surface area contributed by atoms with Crippen molar-refractivity contribution in [3.63, 3.8) is 0 Å². The van der Waals surface area contributed by atoms with Crippen LogP contribution in [-0.2, 0) is 22.9 Å². The lowest BCUT2D eigenvalue weighted by atomic mass is 10.0. The maximum absolute atomic E-state index is 12.7. The van der Waals surface area contributed by atoms with Crippen molar-refractivity contribution < 1.29 is 13.2 Å². The van der Waals surface area contributed by atoms with Crippen LogP contribution < -0.4 is 9.62 Å². The molecule has 144 valence electrons. The number of benzene rings is 3. The van der Waals surface area contributed by atoms with E-state index >= 15 is 0 Å². The molecule has 1 aliphatic carbocycles. The number of rotatable bonds is 5. The molecule has 6 heteroatoms. The zero-order valence-electron chi connectivity index (χ0n) is 15.9. The molecule has 4 rings (SSSR count). The Morgan fingerprint density at radius 3 is 2.36 bits per heavy atom. The van der Waals surface area contributed by atoms with Crippen molar-refractivity contribution in [1.29, 1.82) is 0 Å². The van der Waals surface area contributed by atoms with Crippen LogP contribution in [0.1, 0.15) is 28.4 Å². The van der Waals surface area contributed by atoms with Crippen LogP contribution >= 0.6 is 0 Å². The fourth-order valence-corrected chi connectivity index (χ4v) is 4.56. The van der Waals surface area contributed by atoms with Crippen molar-refractivity contribution in [3.05, 3.63) is 71.3 Å². The standard InChI is InChI=1S/C22H22N2O3S/c1-3-28(26,27)24(2)18-12-9-17(10-13-18)22(25)23-20-14-11-16-8-7-15-5-4-6-19(20)21(15)16/h4-6,9-14H,3,7-8H2,1-2H3,(H,23,25). The van der Waals surface area contributed by atoms with E-state index in [4.69, 9.17) is 0 Å². The van der Waals surface area contributed by atoms with Gasteiger partial charge in [-0.2, -0.15) is 0 Å². The van der Waals surface area contributed by atoms with Crippen LogP contribution in [0.25, 0.3) is 10.8 Å². The van der Waals surface area contributed by atoms with E-state index in [0.29, 0.717) is 11.3 Å². The fraction of sp³-hybridized carbons (Fsp3) is 0.227. The predicted molar refractivity (Wildman–Crippen MR) is 114 cm³/mol. The Bertz CT molecular complexity index is 1160. The summed E-state index contributed by atoms with van der Waals surface area (Å²) in [6, 6.07) is 16.8. The highest BCUT2D eigenvalue weighted by Crippen LogP contribution is 2.35. The second kappa shape index (κ2) is 6.95. The van der Waals surface area contributed by atoms with Gasteiger partial charge in [0, 0.05) is 23.7 Å². The Balaban J connectivity index is 1.59. The molecule has 0 heterocycles. The summed E-state index contributed by atoms with van der Waals surface area (Å²) >= 11 is 0. The largest absolute Gasteiger partial charge is 0.321 e. The van der Waals surface area contributed by atoms with E-state index in [-0.39, 0.29) is 11.7 Å². The molecule has 0 radical (unpaired) electrons. The molecule has 3 aromatic carbocycles. The molecule has 0 aliphatic heterocycles. The highest BCUT2D eigenvalue weighted by atomic mass is 32.2. The van der Waals surface area contributed by atoms with E-state index in [9.17, 15) is 13.2 Å². The van der Waals surface area contributed by atoms with E-state index in [2.05, 4.69) is 17.4 Å². The van der Waals surface area contributed by atoms with E-state index < -0.39 is 10.0 Å². The first-order valence-electron chi connectivity index (χ1n) is 9.32. The zero-order valence-corrected chi connectivity index (χ0v) is 16.7. The van der Waals surface area contributed by atoms with E-state index in [0.717, 1.165) is 23.9 Å². The van der Waals surface area contributed by atoms with Crippen molar-refractivity contribution in [2.45, 2.75) is 19.8 Å². The maximum atomic E-state index is 12.7. The minimum absolute atomic E-state index is 0.0246. The number of aryl methyl sites for hydroxylation is 2. The molecule has 28 heavy (non-hydrogen) atoms. The van der Waals surface area contributed by atoms with Crippen LogP contribution in [0.4, 0.5) is 11.4 Å². The van der Waals surface area contributed by atoms with Gasteiger partial charge in [-0.3, -0.25) is 9.10 Å². The van der Waals surface area contributed by atoms with Gasteiger partial charge in [0.1, 0.15) is 0 Å². The molecule has 0 bridgehead atoms. The Kier molecular flexibility index (Phi) is 4.59. The Hall–Kier alpha value is -2.86. The Morgan fingerprint density at radius 2 is 1.68 bits per heavy atom. The van der Waals surface area contributed by atoms with Crippen LogP contribution in [-0.4, -0.2) is 27.1 Å². The minimum Gasteiger partial charge on any atom is -0.321 e. The molecule has 0 atom stereocenters. The SMILES string of the molecule is CCS(=O)(=O)N(C)c1ccc(C(=O)Nc2ccc3c4c(cccc24)CC3)cc1. The van der Waals surface area contributed by atoms with Gasteiger partial charge in [0.15, 0.2) is 0 Å². The fourth-order valence-electron chi connectivity index (χ4n) is 3.73. The molecule has 0 unspecified atom stereocenters. The molecule has 1 amide bonds. The number of anilines is 2.